The summed E-state index contributed by atoms with van der Waals surface area (Å²) in [6, 6.07) is 13.2. The number of ether oxygens (including phenoxy) is 3. The molecule has 4 heteroatoms. The molecule has 0 bridgehead atoms. The number of hydrogen-bond donors (Lipinski definition) is 0. The highest BCUT2D eigenvalue weighted by molar-refractivity contribution is 5.97. The maximum Gasteiger partial charge on any atom is 0.203 e. The van der Waals surface area contributed by atoms with Crippen molar-refractivity contribution in [1.29, 1.82) is 0 Å². The Morgan fingerprint density at radius 1 is 0.727 bits per heavy atom. The van der Waals surface area contributed by atoms with Gasteiger partial charge in [0.05, 0.1) is 21.3 Å². The maximum atomic E-state index is 12.2. The molecular weight excluding hydrogens is 280 g/mol. The Morgan fingerprint density at radius 2 is 1.41 bits per heavy atom. The number of benzene rings is 2. The van der Waals surface area contributed by atoms with Crippen LogP contribution in [0.1, 0.15) is 0 Å². The molecule has 0 aliphatic heterocycles. The van der Waals surface area contributed by atoms with Crippen molar-refractivity contribution in [3.63, 3.8) is 0 Å². The fraction of sp³-hybridized carbons (Fsp3) is 0.167. The van der Waals surface area contributed by atoms with Crippen LogP contribution in [0.4, 0.5) is 0 Å². The second-order valence-electron chi connectivity index (χ2n) is 4.83. The summed E-state index contributed by atoms with van der Waals surface area (Å²) < 4.78 is 16.1. The lowest BCUT2D eigenvalue weighted by Gasteiger charge is -2.14. The van der Waals surface area contributed by atoms with E-state index in [4.69, 9.17) is 14.2 Å². The summed E-state index contributed by atoms with van der Waals surface area (Å²) in [6.45, 7) is 0. The third kappa shape index (κ3) is 2.13. The maximum absolute atomic E-state index is 12.2. The highest BCUT2D eigenvalue weighted by atomic mass is 16.5. The first-order chi connectivity index (χ1) is 10.7. The first-order valence-electron chi connectivity index (χ1n) is 6.86. The van der Waals surface area contributed by atoms with Crippen LogP contribution in [0.15, 0.2) is 47.3 Å². The predicted molar refractivity (Wildman–Crippen MR) is 85.6 cm³/mol. The summed E-state index contributed by atoms with van der Waals surface area (Å²) in [5.74, 6) is 1.57. The minimum absolute atomic E-state index is 0.0386. The minimum Gasteiger partial charge on any atom is -0.493 e. The van der Waals surface area contributed by atoms with E-state index >= 15 is 0 Å². The van der Waals surface area contributed by atoms with Crippen LogP contribution in [-0.2, 0) is 0 Å². The first kappa shape index (κ1) is 14.2. The molecule has 0 aliphatic rings. The lowest BCUT2D eigenvalue weighted by atomic mass is 10.1. The average molecular weight is 296 g/mol. The quantitative estimate of drug-likeness (QED) is 0.725. The molecular formula is C18H16O4. The number of hydrogen-bond acceptors (Lipinski definition) is 4. The molecule has 0 spiro atoms. The Balaban J connectivity index is 2.13. The molecule has 22 heavy (non-hydrogen) atoms. The average Bonchev–Trinajstić information content (AvgIpc) is 3.24. The van der Waals surface area contributed by atoms with Gasteiger partial charge in [0, 0.05) is 16.7 Å². The molecule has 0 radical (unpaired) electrons. The molecule has 3 aromatic carbocycles. The highest BCUT2D eigenvalue weighted by Gasteiger charge is 2.29. The Kier molecular flexibility index (Phi) is 3.59. The van der Waals surface area contributed by atoms with Crippen LogP contribution in [0.5, 0.6) is 17.2 Å². The molecule has 0 amide bonds. The Hall–Kier alpha value is -2.75. The van der Waals surface area contributed by atoms with E-state index in [1.165, 1.54) is 0 Å². The first-order valence-corrected chi connectivity index (χ1v) is 6.86. The lowest BCUT2D eigenvalue weighted by molar-refractivity contribution is 0.325. The van der Waals surface area contributed by atoms with Crippen LogP contribution >= 0.6 is 0 Å². The van der Waals surface area contributed by atoms with Crippen LogP contribution in [0.25, 0.3) is 22.3 Å². The monoisotopic (exact) mass is 296 g/mol. The van der Waals surface area contributed by atoms with E-state index in [0.29, 0.717) is 22.8 Å². The third-order valence-electron chi connectivity index (χ3n) is 3.68. The van der Waals surface area contributed by atoms with E-state index in [-0.39, 0.29) is 5.43 Å². The van der Waals surface area contributed by atoms with E-state index in [1.54, 1.807) is 27.4 Å². The van der Waals surface area contributed by atoms with Gasteiger partial charge in [0.15, 0.2) is 16.9 Å². The summed E-state index contributed by atoms with van der Waals surface area (Å²) in [4.78, 5) is 12.2. The van der Waals surface area contributed by atoms with Gasteiger partial charge in [-0.2, -0.15) is 0 Å². The summed E-state index contributed by atoms with van der Waals surface area (Å²) >= 11 is 0. The SMILES string of the molecule is COc1ccc(-c2c(-c3ccccc3)c2=O)c(OC)c1OC. The van der Waals surface area contributed by atoms with Crippen LogP contribution in [0, 0.1) is 0 Å². The fourth-order valence-electron chi connectivity index (χ4n) is 2.61. The van der Waals surface area contributed by atoms with Crippen LogP contribution < -0.4 is 19.6 Å². The number of rotatable bonds is 5. The van der Waals surface area contributed by atoms with Gasteiger partial charge in [0.2, 0.25) is 5.75 Å². The topological polar surface area (TPSA) is 44.8 Å². The molecule has 0 aliphatic carbocycles. The van der Waals surface area contributed by atoms with Crippen molar-refractivity contribution in [1.82, 2.24) is 0 Å². The largest absolute Gasteiger partial charge is 0.493 e. The lowest BCUT2D eigenvalue weighted by Crippen LogP contribution is -1.96. The smallest absolute Gasteiger partial charge is 0.203 e. The van der Waals surface area contributed by atoms with Gasteiger partial charge in [0.25, 0.3) is 0 Å². The molecule has 0 heterocycles. The van der Waals surface area contributed by atoms with E-state index in [9.17, 15) is 4.79 Å². The van der Waals surface area contributed by atoms with E-state index in [2.05, 4.69) is 0 Å². The van der Waals surface area contributed by atoms with Gasteiger partial charge in [-0.3, -0.25) is 4.79 Å². The molecule has 3 aromatic rings. The normalized spacial score (nSPS) is 10.7. The summed E-state index contributed by atoms with van der Waals surface area (Å²) in [5.41, 5.74) is 3.08. The van der Waals surface area contributed by atoms with Crippen molar-refractivity contribution in [3.05, 3.63) is 52.7 Å². The van der Waals surface area contributed by atoms with E-state index in [1.807, 2.05) is 36.4 Å². The zero-order valence-electron chi connectivity index (χ0n) is 12.7. The van der Waals surface area contributed by atoms with Crippen LogP contribution in [0.3, 0.4) is 0 Å². The standard InChI is InChI=1S/C18H16O4/c1-20-13-10-9-12(17(21-2)18(13)22-3)15-14(16(15)19)11-7-5-4-6-8-11/h4-10H,1-3H3. The van der Waals surface area contributed by atoms with Gasteiger partial charge in [-0.05, 0) is 17.7 Å². The predicted octanol–water partition coefficient (Wildman–Crippen LogP) is 3.28. The molecule has 0 saturated heterocycles. The van der Waals surface area contributed by atoms with Crippen molar-refractivity contribution in [3.8, 4) is 39.5 Å². The summed E-state index contributed by atoms with van der Waals surface area (Å²) in [6.07, 6.45) is 0. The van der Waals surface area contributed by atoms with Gasteiger partial charge < -0.3 is 14.2 Å². The van der Waals surface area contributed by atoms with Crippen molar-refractivity contribution in [2.45, 2.75) is 0 Å². The summed E-state index contributed by atoms with van der Waals surface area (Å²) in [7, 11) is 4.66. The van der Waals surface area contributed by atoms with Crippen LogP contribution in [0.2, 0.25) is 0 Å². The van der Waals surface area contributed by atoms with Gasteiger partial charge in [-0.25, -0.2) is 0 Å². The van der Waals surface area contributed by atoms with Gasteiger partial charge >= 0.3 is 0 Å². The van der Waals surface area contributed by atoms with Gasteiger partial charge in [-0.15, -0.1) is 0 Å². The van der Waals surface area contributed by atoms with E-state index < -0.39 is 0 Å². The van der Waals surface area contributed by atoms with Crippen molar-refractivity contribution in [2.75, 3.05) is 21.3 Å². The Labute approximate surface area is 128 Å². The van der Waals surface area contributed by atoms with Crippen molar-refractivity contribution >= 4 is 0 Å². The molecule has 0 fully saturated rings. The second kappa shape index (κ2) is 5.56. The highest BCUT2D eigenvalue weighted by Crippen LogP contribution is 2.47. The molecule has 0 atom stereocenters. The minimum atomic E-state index is 0.0386. The van der Waals surface area contributed by atoms with E-state index in [0.717, 1.165) is 16.7 Å². The molecule has 0 aromatic heterocycles. The number of methoxy groups -OCH3 is 3. The zero-order valence-corrected chi connectivity index (χ0v) is 12.7. The summed E-state index contributed by atoms with van der Waals surface area (Å²) in [5, 5.41) is 0. The van der Waals surface area contributed by atoms with Crippen molar-refractivity contribution in [2.24, 2.45) is 0 Å². The molecule has 3 rings (SSSR count). The third-order valence-corrected chi connectivity index (χ3v) is 3.68. The van der Waals surface area contributed by atoms with Gasteiger partial charge in [0.1, 0.15) is 0 Å². The van der Waals surface area contributed by atoms with Gasteiger partial charge in [-0.1, -0.05) is 30.3 Å². The molecule has 0 saturated carbocycles. The fourth-order valence-corrected chi connectivity index (χ4v) is 2.61. The zero-order chi connectivity index (χ0) is 15.7. The molecule has 4 nitrogen and oxygen atoms in total. The van der Waals surface area contributed by atoms with Crippen LogP contribution in [-0.4, -0.2) is 21.3 Å². The Morgan fingerprint density at radius 3 is 2.00 bits per heavy atom. The molecule has 0 N–H and O–H groups in total. The molecule has 0 unspecified atom stereocenters. The Bertz CT molecular complexity index is 811. The molecule has 112 valence electrons. The second-order valence-corrected chi connectivity index (χ2v) is 4.83. The van der Waals surface area contributed by atoms with Crippen molar-refractivity contribution < 1.29 is 14.2 Å².